The molecule has 0 unspecified atom stereocenters. The monoisotopic (exact) mass is 205 g/mol. The predicted molar refractivity (Wildman–Crippen MR) is 58.3 cm³/mol. The number of fused-ring (bicyclic) bond motifs is 1. The molecular weight excluding hydrogens is 194 g/mol. The zero-order valence-electron chi connectivity index (χ0n) is 8.06. The first-order valence-corrected chi connectivity index (χ1v) is 4.62. The number of aromatic amines is 1. The van der Waals surface area contributed by atoms with Gasteiger partial charge < -0.3 is 15.5 Å². The van der Waals surface area contributed by atoms with E-state index >= 15 is 0 Å². The molecule has 2 aromatic rings. The highest BCUT2D eigenvalue weighted by Crippen LogP contribution is 2.24. The van der Waals surface area contributed by atoms with E-state index < -0.39 is 0 Å². The van der Waals surface area contributed by atoms with Gasteiger partial charge in [-0.05, 0) is 29.4 Å². The number of rotatable bonds is 4. The van der Waals surface area contributed by atoms with Crippen LogP contribution in [0.2, 0.25) is 0 Å². The summed E-state index contributed by atoms with van der Waals surface area (Å²) >= 11 is 0. The summed E-state index contributed by atoms with van der Waals surface area (Å²) in [6.07, 6.45) is 0. The minimum Gasteiger partial charge on any atom is -0.492 e. The fourth-order valence-corrected chi connectivity index (χ4v) is 1.41. The Balaban J connectivity index is 2.33. The molecule has 0 radical (unpaired) electrons. The maximum atomic E-state index is 10.3. The first kappa shape index (κ1) is 9.67. The summed E-state index contributed by atoms with van der Waals surface area (Å²) in [7, 11) is 0. The van der Waals surface area contributed by atoms with Crippen molar-refractivity contribution in [1.82, 2.24) is 4.98 Å². The Hall–Kier alpha value is -1.88. The molecule has 0 amide bonds. The maximum Gasteiger partial charge on any atom is 0.175 e. The third-order valence-corrected chi connectivity index (χ3v) is 2.06. The molecule has 15 heavy (non-hydrogen) atoms. The minimum absolute atomic E-state index is 0.320. The summed E-state index contributed by atoms with van der Waals surface area (Å²) in [4.78, 5) is 13.2. The van der Waals surface area contributed by atoms with Crippen LogP contribution in [0, 0.1) is 4.91 Å². The molecule has 1 heterocycles. The van der Waals surface area contributed by atoms with Gasteiger partial charge in [-0.2, -0.15) is 0 Å². The second kappa shape index (κ2) is 4.10. The van der Waals surface area contributed by atoms with E-state index in [1.54, 1.807) is 6.07 Å². The molecule has 0 spiro atoms. The van der Waals surface area contributed by atoms with Crippen LogP contribution in [0.5, 0.6) is 5.75 Å². The number of hydrogen-bond donors (Lipinski definition) is 2. The van der Waals surface area contributed by atoms with Gasteiger partial charge in [0.1, 0.15) is 12.4 Å². The van der Waals surface area contributed by atoms with Crippen LogP contribution in [0.25, 0.3) is 10.9 Å². The Labute approximate surface area is 86.2 Å². The number of H-pyrrole nitrogens is 1. The van der Waals surface area contributed by atoms with Crippen LogP contribution >= 0.6 is 0 Å². The van der Waals surface area contributed by atoms with Crippen molar-refractivity contribution in [3.8, 4) is 5.75 Å². The van der Waals surface area contributed by atoms with Crippen molar-refractivity contribution in [2.45, 2.75) is 0 Å². The number of aromatic nitrogens is 1. The van der Waals surface area contributed by atoms with Crippen LogP contribution in [0.1, 0.15) is 0 Å². The van der Waals surface area contributed by atoms with Crippen molar-refractivity contribution in [2.75, 3.05) is 13.2 Å². The van der Waals surface area contributed by atoms with Gasteiger partial charge in [0.15, 0.2) is 5.82 Å². The second-order valence-corrected chi connectivity index (χ2v) is 3.13. The lowest BCUT2D eigenvalue weighted by atomic mass is 10.2. The summed E-state index contributed by atoms with van der Waals surface area (Å²) in [5.74, 6) is 1.06. The van der Waals surface area contributed by atoms with E-state index in [1.807, 2.05) is 18.2 Å². The molecule has 0 fully saturated rings. The van der Waals surface area contributed by atoms with Gasteiger partial charge in [0.05, 0.1) is 0 Å². The summed E-state index contributed by atoms with van der Waals surface area (Å²) in [5.41, 5.74) is 6.19. The Morgan fingerprint density at radius 1 is 1.40 bits per heavy atom. The maximum absolute atomic E-state index is 10.3. The summed E-state index contributed by atoms with van der Waals surface area (Å²) in [5, 5.41) is 3.74. The molecule has 0 saturated heterocycles. The average Bonchev–Trinajstić information content (AvgIpc) is 2.68. The van der Waals surface area contributed by atoms with Crippen molar-refractivity contribution in [3.05, 3.63) is 29.2 Å². The van der Waals surface area contributed by atoms with E-state index in [1.165, 1.54) is 0 Å². The fourth-order valence-electron chi connectivity index (χ4n) is 1.41. The van der Waals surface area contributed by atoms with Gasteiger partial charge in [-0.3, -0.25) is 0 Å². The molecule has 0 saturated carbocycles. The van der Waals surface area contributed by atoms with E-state index in [4.69, 9.17) is 10.5 Å². The molecule has 3 N–H and O–H groups in total. The molecule has 0 aliphatic carbocycles. The minimum atomic E-state index is 0.320. The van der Waals surface area contributed by atoms with Gasteiger partial charge in [0.2, 0.25) is 0 Å². The van der Waals surface area contributed by atoms with Gasteiger partial charge >= 0.3 is 0 Å². The van der Waals surface area contributed by atoms with Crippen LogP contribution in [-0.4, -0.2) is 18.1 Å². The number of nitrogens with one attached hydrogen (secondary N) is 1. The molecule has 0 atom stereocenters. The van der Waals surface area contributed by atoms with Crippen molar-refractivity contribution < 1.29 is 4.74 Å². The molecule has 5 nitrogen and oxygen atoms in total. The molecule has 1 aromatic carbocycles. The number of nitroso groups, excluding NO2 is 1. The van der Waals surface area contributed by atoms with Gasteiger partial charge in [0.25, 0.3) is 0 Å². The zero-order valence-corrected chi connectivity index (χ0v) is 8.06. The van der Waals surface area contributed by atoms with Crippen LogP contribution in [0.15, 0.2) is 29.4 Å². The van der Waals surface area contributed by atoms with Crippen LogP contribution < -0.4 is 10.5 Å². The third-order valence-electron chi connectivity index (χ3n) is 2.06. The number of nitrogens with zero attached hydrogens (tertiary/aromatic N) is 1. The van der Waals surface area contributed by atoms with Gasteiger partial charge in [-0.1, -0.05) is 0 Å². The lowest BCUT2D eigenvalue weighted by Crippen LogP contribution is -2.10. The zero-order chi connectivity index (χ0) is 10.7. The number of nitrogens with two attached hydrogens (primary N) is 1. The lowest BCUT2D eigenvalue weighted by molar-refractivity contribution is 0.329. The first-order chi connectivity index (χ1) is 7.33. The van der Waals surface area contributed by atoms with Gasteiger partial charge in [0, 0.05) is 17.4 Å². The summed E-state index contributed by atoms with van der Waals surface area (Å²) < 4.78 is 5.36. The van der Waals surface area contributed by atoms with Crippen LogP contribution in [0.4, 0.5) is 5.82 Å². The smallest absolute Gasteiger partial charge is 0.175 e. The fraction of sp³-hybridized carbons (Fsp3) is 0.200. The van der Waals surface area contributed by atoms with Crippen LogP contribution in [0.3, 0.4) is 0 Å². The van der Waals surface area contributed by atoms with Crippen LogP contribution in [-0.2, 0) is 0 Å². The summed E-state index contributed by atoms with van der Waals surface area (Å²) in [6, 6.07) is 7.19. The standard InChI is InChI=1S/C10H11N3O2/c11-3-4-15-8-1-2-9-7(5-8)6-10(12-9)13-14/h1-2,5-6,12H,3-4,11H2. The van der Waals surface area contributed by atoms with E-state index in [2.05, 4.69) is 10.2 Å². The molecular formula is C10H11N3O2. The van der Waals surface area contributed by atoms with Crippen molar-refractivity contribution in [1.29, 1.82) is 0 Å². The average molecular weight is 205 g/mol. The normalized spacial score (nSPS) is 10.5. The number of hydrogen-bond acceptors (Lipinski definition) is 4. The first-order valence-electron chi connectivity index (χ1n) is 4.62. The van der Waals surface area contributed by atoms with Gasteiger partial charge in [-0.15, -0.1) is 4.91 Å². The molecule has 0 aliphatic rings. The van der Waals surface area contributed by atoms with Crippen molar-refractivity contribution in [2.24, 2.45) is 10.9 Å². The molecule has 0 bridgehead atoms. The van der Waals surface area contributed by atoms with Crippen molar-refractivity contribution >= 4 is 16.7 Å². The van der Waals surface area contributed by atoms with E-state index in [-0.39, 0.29) is 0 Å². The second-order valence-electron chi connectivity index (χ2n) is 3.13. The Morgan fingerprint density at radius 3 is 3.00 bits per heavy atom. The van der Waals surface area contributed by atoms with E-state index in [0.29, 0.717) is 19.0 Å². The molecule has 2 rings (SSSR count). The quantitative estimate of drug-likeness (QED) is 0.748. The number of ether oxygens (including phenoxy) is 1. The van der Waals surface area contributed by atoms with Crippen molar-refractivity contribution in [3.63, 3.8) is 0 Å². The van der Waals surface area contributed by atoms with E-state index in [9.17, 15) is 4.91 Å². The SMILES string of the molecule is NCCOc1ccc2[nH]c(N=O)cc2c1. The Kier molecular flexibility index (Phi) is 2.64. The Bertz CT molecular complexity index is 478. The highest BCUT2D eigenvalue weighted by molar-refractivity contribution is 5.84. The topological polar surface area (TPSA) is 80.5 Å². The van der Waals surface area contributed by atoms with Gasteiger partial charge in [-0.25, -0.2) is 0 Å². The third kappa shape index (κ3) is 1.97. The molecule has 1 aromatic heterocycles. The van der Waals surface area contributed by atoms with E-state index in [0.717, 1.165) is 16.7 Å². The molecule has 0 aliphatic heterocycles. The molecule has 5 heteroatoms. The predicted octanol–water partition coefficient (Wildman–Crippen LogP) is 1.90. The largest absolute Gasteiger partial charge is 0.492 e. The highest BCUT2D eigenvalue weighted by Gasteiger charge is 2.02. The summed E-state index contributed by atoms with van der Waals surface area (Å²) in [6.45, 7) is 0.959. The lowest BCUT2D eigenvalue weighted by Gasteiger charge is -2.03. The number of benzene rings is 1. The molecule has 78 valence electrons. The highest BCUT2D eigenvalue weighted by atomic mass is 16.5. The Morgan fingerprint density at radius 2 is 2.27 bits per heavy atom.